The van der Waals surface area contributed by atoms with Crippen LogP contribution >= 0.6 is 0 Å². The first-order chi connectivity index (χ1) is 13.5. The lowest BCUT2D eigenvalue weighted by atomic mass is 10.1. The van der Waals surface area contributed by atoms with Crippen LogP contribution in [0.5, 0.6) is 0 Å². The van der Waals surface area contributed by atoms with Crippen molar-refractivity contribution in [3.8, 4) is 0 Å². The number of aryl methyl sites for hydroxylation is 2. The van der Waals surface area contributed by atoms with E-state index in [1.165, 1.54) is 11.2 Å². The molecule has 0 spiro atoms. The maximum absolute atomic E-state index is 12.9. The number of anilines is 3. The molecule has 156 valence electrons. The Labute approximate surface area is 172 Å². The second kappa shape index (κ2) is 9.09. The molecule has 0 bridgehead atoms. The molecule has 0 radical (unpaired) electrons. The first-order valence-electron chi connectivity index (χ1n) is 9.28. The summed E-state index contributed by atoms with van der Waals surface area (Å²) in [6.07, 6.45) is 1.40. The summed E-state index contributed by atoms with van der Waals surface area (Å²) in [5, 5.41) is 5.41. The molecule has 8 heteroatoms. The van der Waals surface area contributed by atoms with Crippen molar-refractivity contribution in [3.63, 3.8) is 0 Å². The zero-order valence-corrected chi connectivity index (χ0v) is 18.1. The zero-order chi connectivity index (χ0) is 21.8. The monoisotopic (exact) mass is 417 g/mol. The molecule has 2 amide bonds. The Morgan fingerprint density at radius 1 is 0.966 bits per heavy atom. The number of rotatable bonds is 7. The first kappa shape index (κ1) is 22.4. The minimum absolute atomic E-state index is 0.190. The molecule has 2 rings (SSSR count). The molecule has 0 heterocycles. The highest BCUT2D eigenvalue weighted by Crippen LogP contribution is 2.26. The standard InChI is InChI=1S/C21H27N3O4S/c1-6-20(21(26)23-18-10-8-17(9-11-18)22-16(4)25)24(29(5,27)28)19-12-7-14(2)15(3)13-19/h7-13,20H,6H2,1-5H3,(H,22,25)(H,23,26)/t20-/m0/s1. The van der Waals surface area contributed by atoms with Crippen LogP contribution in [0.25, 0.3) is 0 Å². The fraction of sp³-hybridized carbons (Fsp3) is 0.333. The van der Waals surface area contributed by atoms with E-state index in [1.54, 1.807) is 43.3 Å². The molecule has 29 heavy (non-hydrogen) atoms. The van der Waals surface area contributed by atoms with Gasteiger partial charge in [-0.2, -0.15) is 0 Å². The number of hydrogen-bond donors (Lipinski definition) is 2. The van der Waals surface area contributed by atoms with Crippen molar-refractivity contribution in [2.24, 2.45) is 0 Å². The fourth-order valence-electron chi connectivity index (χ4n) is 2.99. The first-order valence-corrected chi connectivity index (χ1v) is 11.1. The molecule has 0 fully saturated rings. The molecule has 7 nitrogen and oxygen atoms in total. The van der Waals surface area contributed by atoms with Crippen molar-refractivity contribution in [2.45, 2.75) is 40.2 Å². The molecule has 0 aliphatic heterocycles. The smallest absolute Gasteiger partial charge is 0.248 e. The molecular formula is C21H27N3O4S. The van der Waals surface area contributed by atoms with Crippen LogP contribution in [-0.4, -0.2) is 32.5 Å². The van der Waals surface area contributed by atoms with Crippen LogP contribution in [0.3, 0.4) is 0 Å². The quantitative estimate of drug-likeness (QED) is 0.721. The molecule has 2 aromatic carbocycles. The summed E-state index contributed by atoms with van der Waals surface area (Å²) in [4.78, 5) is 24.0. The third-order valence-corrected chi connectivity index (χ3v) is 5.73. The summed E-state index contributed by atoms with van der Waals surface area (Å²) < 4.78 is 26.2. The molecule has 1 atom stereocenters. The van der Waals surface area contributed by atoms with Gasteiger partial charge in [0.1, 0.15) is 6.04 Å². The number of hydrogen-bond acceptors (Lipinski definition) is 4. The average molecular weight is 418 g/mol. The summed E-state index contributed by atoms with van der Waals surface area (Å²) in [5.41, 5.74) is 3.56. The Balaban J connectivity index is 2.30. The maximum atomic E-state index is 12.9. The predicted octanol–water partition coefficient (Wildman–Crippen LogP) is 3.45. The summed E-state index contributed by atoms with van der Waals surface area (Å²) in [7, 11) is -3.69. The Hall–Kier alpha value is -2.87. The van der Waals surface area contributed by atoms with Gasteiger partial charge in [-0.05, 0) is 67.8 Å². The highest BCUT2D eigenvalue weighted by Gasteiger charge is 2.31. The molecule has 2 aromatic rings. The predicted molar refractivity (Wildman–Crippen MR) is 117 cm³/mol. The largest absolute Gasteiger partial charge is 0.326 e. The average Bonchev–Trinajstić information content (AvgIpc) is 2.62. The zero-order valence-electron chi connectivity index (χ0n) is 17.3. The van der Waals surface area contributed by atoms with E-state index >= 15 is 0 Å². The van der Waals surface area contributed by atoms with Crippen molar-refractivity contribution in [3.05, 3.63) is 53.6 Å². The van der Waals surface area contributed by atoms with Crippen LogP contribution in [0.15, 0.2) is 42.5 Å². The molecule has 0 aliphatic rings. The number of amides is 2. The number of carbonyl (C=O) groups is 2. The SMILES string of the molecule is CC[C@@H](C(=O)Nc1ccc(NC(C)=O)cc1)N(c1ccc(C)c(C)c1)S(C)(=O)=O. The second-order valence-electron chi connectivity index (χ2n) is 7.00. The van der Waals surface area contributed by atoms with Crippen molar-refractivity contribution in [1.29, 1.82) is 0 Å². The Bertz CT molecular complexity index is 1000. The van der Waals surface area contributed by atoms with E-state index in [1.807, 2.05) is 19.9 Å². The van der Waals surface area contributed by atoms with Gasteiger partial charge in [0.15, 0.2) is 0 Å². The van der Waals surface area contributed by atoms with Gasteiger partial charge in [-0.25, -0.2) is 8.42 Å². The lowest BCUT2D eigenvalue weighted by Gasteiger charge is -2.30. The van der Waals surface area contributed by atoms with Gasteiger partial charge in [-0.15, -0.1) is 0 Å². The van der Waals surface area contributed by atoms with Gasteiger partial charge in [0, 0.05) is 18.3 Å². The molecule has 0 aliphatic carbocycles. The molecule has 0 unspecified atom stereocenters. The van der Waals surface area contributed by atoms with Gasteiger partial charge in [0.2, 0.25) is 21.8 Å². The van der Waals surface area contributed by atoms with Gasteiger partial charge in [0.05, 0.1) is 11.9 Å². The summed E-state index contributed by atoms with van der Waals surface area (Å²) in [5.74, 6) is -0.617. The van der Waals surface area contributed by atoms with E-state index in [-0.39, 0.29) is 5.91 Å². The molecular weight excluding hydrogens is 390 g/mol. The summed E-state index contributed by atoms with van der Waals surface area (Å²) >= 11 is 0. The fourth-order valence-corrected chi connectivity index (χ4v) is 4.19. The summed E-state index contributed by atoms with van der Waals surface area (Å²) in [6, 6.07) is 11.0. The van der Waals surface area contributed by atoms with Crippen molar-refractivity contribution in [1.82, 2.24) is 0 Å². The molecule has 0 saturated carbocycles. The Morgan fingerprint density at radius 2 is 1.52 bits per heavy atom. The third-order valence-electron chi connectivity index (χ3n) is 4.55. The van der Waals surface area contributed by atoms with Gasteiger partial charge in [-0.1, -0.05) is 13.0 Å². The minimum atomic E-state index is -3.69. The molecule has 0 aromatic heterocycles. The van der Waals surface area contributed by atoms with Crippen LogP contribution in [0, 0.1) is 13.8 Å². The molecule has 2 N–H and O–H groups in total. The van der Waals surface area contributed by atoms with Crippen LogP contribution in [0.2, 0.25) is 0 Å². The van der Waals surface area contributed by atoms with Gasteiger partial charge in [0.25, 0.3) is 0 Å². The van der Waals surface area contributed by atoms with Crippen LogP contribution < -0.4 is 14.9 Å². The maximum Gasteiger partial charge on any atom is 0.248 e. The van der Waals surface area contributed by atoms with Crippen LogP contribution in [0.1, 0.15) is 31.4 Å². The Kier molecular flexibility index (Phi) is 7.02. The number of sulfonamides is 1. The van der Waals surface area contributed by atoms with Crippen molar-refractivity contribution in [2.75, 3.05) is 21.2 Å². The van der Waals surface area contributed by atoms with E-state index in [0.717, 1.165) is 17.4 Å². The van der Waals surface area contributed by atoms with Crippen LogP contribution in [0.4, 0.5) is 17.1 Å². The number of benzene rings is 2. The van der Waals surface area contributed by atoms with E-state index < -0.39 is 22.0 Å². The number of carbonyl (C=O) groups excluding carboxylic acids is 2. The highest BCUT2D eigenvalue weighted by molar-refractivity contribution is 7.92. The Morgan fingerprint density at radius 3 is 1.97 bits per heavy atom. The topological polar surface area (TPSA) is 95.6 Å². The minimum Gasteiger partial charge on any atom is -0.326 e. The van der Waals surface area contributed by atoms with E-state index in [2.05, 4.69) is 10.6 Å². The van der Waals surface area contributed by atoms with E-state index in [9.17, 15) is 18.0 Å². The molecule has 0 saturated heterocycles. The normalized spacial score (nSPS) is 12.2. The second-order valence-corrected chi connectivity index (χ2v) is 8.86. The number of nitrogens with zero attached hydrogens (tertiary/aromatic N) is 1. The van der Waals surface area contributed by atoms with Gasteiger partial charge < -0.3 is 10.6 Å². The lowest BCUT2D eigenvalue weighted by Crippen LogP contribution is -2.47. The van der Waals surface area contributed by atoms with Gasteiger partial charge in [-0.3, -0.25) is 13.9 Å². The van der Waals surface area contributed by atoms with Gasteiger partial charge >= 0.3 is 0 Å². The summed E-state index contributed by atoms with van der Waals surface area (Å²) in [6.45, 7) is 7.02. The van der Waals surface area contributed by atoms with E-state index in [4.69, 9.17) is 0 Å². The highest BCUT2D eigenvalue weighted by atomic mass is 32.2. The lowest BCUT2D eigenvalue weighted by molar-refractivity contribution is -0.117. The van der Waals surface area contributed by atoms with Crippen molar-refractivity contribution >= 4 is 38.9 Å². The van der Waals surface area contributed by atoms with Crippen molar-refractivity contribution < 1.29 is 18.0 Å². The van der Waals surface area contributed by atoms with E-state index in [0.29, 0.717) is 23.5 Å². The third kappa shape index (κ3) is 5.80. The number of nitrogens with one attached hydrogen (secondary N) is 2. The van der Waals surface area contributed by atoms with Crippen LogP contribution in [-0.2, 0) is 19.6 Å².